The molecule has 0 aromatic heterocycles. The molecular formula is C16H5F23O2. The topological polar surface area (TPSA) is 26.3 Å². The second-order valence-corrected chi connectivity index (χ2v) is 8.08. The molecule has 1 rings (SSSR count). The number of carbonyl (C=O) groups is 1. The Kier molecular flexibility index (Phi) is 7.67. The van der Waals surface area contributed by atoms with Crippen molar-refractivity contribution in [3.63, 3.8) is 0 Å². The molecule has 41 heavy (non-hydrogen) atoms. The summed E-state index contributed by atoms with van der Waals surface area (Å²) in [6.07, 6.45) is 0. The molecule has 1 fully saturated rings. The van der Waals surface area contributed by atoms with Crippen LogP contribution in [0.5, 0.6) is 0 Å². The lowest BCUT2D eigenvalue weighted by atomic mass is 9.79. The third kappa shape index (κ3) is 3.63. The molecule has 0 unspecified atom stereocenters. The van der Waals surface area contributed by atoms with Gasteiger partial charge in [-0.15, -0.1) is 0 Å². The molecule has 0 spiro atoms. The smallest absolute Gasteiger partial charge is 0.391 e. The van der Waals surface area contributed by atoms with E-state index in [0.717, 1.165) is 0 Å². The number of hydrogen-bond acceptors (Lipinski definition) is 2. The van der Waals surface area contributed by atoms with E-state index in [2.05, 4.69) is 11.3 Å². The van der Waals surface area contributed by atoms with Crippen LogP contribution in [-0.4, -0.2) is 77.0 Å². The highest BCUT2D eigenvalue weighted by molar-refractivity contribution is 5.87. The van der Waals surface area contributed by atoms with Crippen LogP contribution in [0.4, 0.5) is 101 Å². The van der Waals surface area contributed by atoms with Gasteiger partial charge in [0.05, 0.1) is 0 Å². The van der Waals surface area contributed by atoms with Gasteiger partial charge in [-0.3, -0.25) is 0 Å². The number of ether oxygens (including phenoxy) is 1. The Morgan fingerprint density at radius 2 is 0.537 bits per heavy atom. The van der Waals surface area contributed by atoms with Gasteiger partial charge in [0, 0.05) is 5.57 Å². The molecule has 0 saturated heterocycles. The van der Waals surface area contributed by atoms with E-state index in [0.29, 0.717) is 0 Å². The standard InChI is InChI=1S/C16H5F23O2/c1-3(2)4(40)41-16(39)14(35,36)12(31,32)10(27,28)8(23,24)6(19,20)5(17,18)7(21,22)9(25,26)11(29,30)13(33,34)15(16,37)38/h1H2,2H3. The van der Waals surface area contributed by atoms with E-state index in [-0.39, 0.29) is 6.92 Å². The summed E-state index contributed by atoms with van der Waals surface area (Å²) in [7, 11) is 0. The Hall–Kier alpha value is -2.40. The van der Waals surface area contributed by atoms with Crippen molar-refractivity contribution in [3.05, 3.63) is 12.2 Å². The van der Waals surface area contributed by atoms with E-state index in [1.165, 1.54) is 0 Å². The maximum atomic E-state index is 14.8. The average molecular weight is 666 g/mol. The number of rotatable bonds is 2. The van der Waals surface area contributed by atoms with Crippen LogP contribution >= 0.6 is 0 Å². The lowest BCUT2D eigenvalue weighted by molar-refractivity contribution is -0.512. The Morgan fingerprint density at radius 1 is 0.390 bits per heavy atom. The van der Waals surface area contributed by atoms with Gasteiger partial charge in [0.25, 0.3) is 0 Å². The lowest BCUT2D eigenvalue weighted by Gasteiger charge is -2.50. The molecule has 0 heterocycles. The number of alkyl halides is 23. The van der Waals surface area contributed by atoms with Gasteiger partial charge >= 0.3 is 77.0 Å². The van der Waals surface area contributed by atoms with Crippen LogP contribution in [0, 0.1) is 0 Å². The molecule has 0 aromatic rings. The fourth-order valence-electron chi connectivity index (χ4n) is 2.72. The minimum Gasteiger partial charge on any atom is -0.413 e. The van der Waals surface area contributed by atoms with Crippen LogP contribution in [0.1, 0.15) is 6.92 Å². The van der Waals surface area contributed by atoms with Crippen LogP contribution in [0.2, 0.25) is 0 Å². The van der Waals surface area contributed by atoms with Crippen LogP contribution < -0.4 is 0 Å². The van der Waals surface area contributed by atoms with Crippen molar-refractivity contribution in [1.29, 1.82) is 0 Å². The first kappa shape index (κ1) is 36.6. The lowest BCUT2D eigenvalue weighted by Crippen LogP contribution is -2.83. The molecule has 0 bridgehead atoms. The number of halogens is 23. The van der Waals surface area contributed by atoms with Crippen molar-refractivity contribution < 1.29 is 111 Å². The highest BCUT2D eigenvalue weighted by Gasteiger charge is 3.04. The quantitative estimate of drug-likeness (QED) is 0.171. The van der Waals surface area contributed by atoms with Gasteiger partial charge in [0.15, 0.2) is 0 Å². The van der Waals surface area contributed by atoms with Crippen molar-refractivity contribution in [2.75, 3.05) is 0 Å². The first-order valence-electron chi connectivity index (χ1n) is 9.06. The molecule has 25 heteroatoms. The zero-order valence-electron chi connectivity index (χ0n) is 18.2. The largest absolute Gasteiger partial charge is 0.413 e. The molecule has 2 nitrogen and oxygen atoms in total. The Morgan fingerprint density at radius 3 is 0.683 bits per heavy atom. The maximum Gasteiger partial charge on any atom is 0.391 e. The van der Waals surface area contributed by atoms with Crippen molar-refractivity contribution in [1.82, 2.24) is 0 Å². The summed E-state index contributed by atoms with van der Waals surface area (Å²) in [4.78, 5) is 11.2. The molecule has 0 aromatic carbocycles. The predicted octanol–water partition coefficient (Wildman–Crippen LogP) is 7.77. The zero-order chi connectivity index (χ0) is 33.9. The van der Waals surface area contributed by atoms with Crippen molar-refractivity contribution in [2.45, 2.75) is 77.9 Å². The number of hydrogen-bond donors (Lipinski definition) is 0. The van der Waals surface area contributed by atoms with Crippen molar-refractivity contribution in [3.8, 4) is 0 Å². The number of esters is 1. The number of carbonyl (C=O) groups excluding carboxylic acids is 1. The van der Waals surface area contributed by atoms with E-state index in [9.17, 15) is 106 Å². The molecule has 0 amide bonds. The summed E-state index contributed by atoms with van der Waals surface area (Å²) >= 11 is 0. The summed E-state index contributed by atoms with van der Waals surface area (Å²) in [5.74, 6) is -116. The first-order chi connectivity index (χ1) is 17.3. The van der Waals surface area contributed by atoms with Crippen molar-refractivity contribution in [2.24, 2.45) is 0 Å². The van der Waals surface area contributed by atoms with Gasteiger partial charge in [0.2, 0.25) is 0 Å². The molecule has 0 atom stereocenters. The second-order valence-electron chi connectivity index (χ2n) is 8.08. The molecule has 242 valence electrons. The van der Waals surface area contributed by atoms with E-state index < -0.39 is 82.5 Å². The van der Waals surface area contributed by atoms with Crippen molar-refractivity contribution >= 4 is 5.97 Å². The van der Waals surface area contributed by atoms with Gasteiger partial charge in [-0.1, -0.05) is 6.58 Å². The normalized spacial score (nSPS) is 31.0. The molecule has 0 radical (unpaired) electrons. The third-order valence-corrected chi connectivity index (χ3v) is 5.33. The van der Waals surface area contributed by atoms with Crippen LogP contribution in [-0.2, 0) is 9.53 Å². The fourth-order valence-corrected chi connectivity index (χ4v) is 2.72. The summed E-state index contributed by atoms with van der Waals surface area (Å²) in [6.45, 7) is 2.08. The summed E-state index contributed by atoms with van der Waals surface area (Å²) in [5.41, 5.74) is -1.96. The Bertz CT molecular complexity index is 1020. The predicted molar refractivity (Wildman–Crippen MR) is 79.2 cm³/mol. The van der Waals surface area contributed by atoms with Crippen LogP contribution in [0.25, 0.3) is 0 Å². The fraction of sp³-hybridized carbons (Fsp3) is 0.812. The van der Waals surface area contributed by atoms with E-state index in [1.54, 1.807) is 0 Å². The average Bonchev–Trinajstić information content (AvgIpc) is 2.76. The zero-order valence-corrected chi connectivity index (χ0v) is 18.2. The molecular weight excluding hydrogens is 661 g/mol. The molecule has 1 aliphatic carbocycles. The van der Waals surface area contributed by atoms with E-state index in [1.807, 2.05) is 0 Å². The highest BCUT2D eigenvalue weighted by Crippen LogP contribution is 2.71. The summed E-state index contributed by atoms with van der Waals surface area (Å²) < 4.78 is 322. The highest BCUT2D eigenvalue weighted by atomic mass is 19.4. The van der Waals surface area contributed by atoms with Gasteiger partial charge in [-0.2, -0.15) is 101 Å². The third-order valence-electron chi connectivity index (χ3n) is 5.33. The summed E-state index contributed by atoms with van der Waals surface area (Å²) in [5, 5.41) is 0. The van der Waals surface area contributed by atoms with Crippen LogP contribution in [0.3, 0.4) is 0 Å². The summed E-state index contributed by atoms with van der Waals surface area (Å²) in [6, 6.07) is 0. The first-order valence-corrected chi connectivity index (χ1v) is 9.06. The Labute approximate surface area is 208 Å². The van der Waals surface area contributed by atoms with Crippen LogP contribution in [0.15, 0.2) is 12.2 Å². The molecule has 0 aliphatic heterocycles. The van der Waals surface area contributed by atoms with Gasteiger partial charge in [0.1, 0.15) is 0 Å². The monoisotopic (exact) mass is 666 g/mol. The minimum absolute atomic E-state index is 0.0810. The second kappa shape index (κ2) is 8.58. The SMILES string of the molecule is C=C(C)C(=O)OC1(F)C(F)(F)C(F)(F)C(F)(F)C(F)(F)C(F)(F)C(F)(F)C(F)(F)C(F)(F)C(F)(F)C(F)(F)C1(F)F. The molecule has 0 N–H and O–H groups in total. The van der Waals surface area contributed by atoms with E-state index in [4.69, 9.17) is 0 Å². The van der Waals surface area contributed by atoms with Gasteiger partial charge in [-0.25, -0.2) is 4.79 Å². The van der Waals surface area contributed by atoms with Gasteiger partial charge < -0.3 is 4.74 Å². The Balaban J connectivity index is 4.71. The molecule has 1 aliphatic rings. The van der Waals surface area contributed by atoms with E-state index >= 15 is 0 Å². The maximum absolute atomic E-state index is 14.8. The van der Waals surface area contributed by atoms with Gasteiger partial charge in [-0.05, 0) is 6.92 Å². The molecule has 1 saturated carbocycles. The minimum atomic E-state index is -9.42.